The molecule has 0 amide bonds. The highest BCUT2D eigenvalue weighted by molar-refractivity contribution is 5.56. The first kappa shape index (κ1) is 11.1. The summed E-state index contributed by atoms with van der Waals surface area (Å²) in [6, 6.07) is 3.25. The van der Waals surface area contributed by atoms with E-state index in [0.717, 1.165) is 0 Å². The van der Waals surface area contributed by atoms with Gasteiger partial charge in [-0.15, -0.1) is 15.3 Å². The van der Waals surface area contributed by atoms with Crippen molar-refractivity contribution >= 4 is 17.4 Å². The van der Waals surface area contributed by atoms with Gasteiger partial charge in [-0.05, 0) is 17.1 Å². The van der Waals surface area contributed by atoms with Crippen LogP contribution in [0.4, 0.5) is 11.8 Å². The Morgan fingerprint density at radius 2 is 2.16 bits per heavy atom. The third-order valence-corrected chi connectivity index (χ3v) is 2.64. The van der Waals surface area contributed by atoms with Crippen molar-refractivity contribution in [1.29, 1.82) is 0 Å². The third-order valence-electron chi connectivity index (χ3n) is 2.64. The average molecular weight is 260 g/mol. The van der Waals surface area contributed by atoms with E-state index in [2.05, 4.69) is 20.3 Å². The topological polar surface area (TPSA) is 130 Å². The number of nitrogen functional groups attached to an aromatic ring is 1. The van der Waals surface area contributed by atoms with Gasteiger partial charge >= 0.3 is 5.95 Å². The normalized spacial score (nSPS) is 11.0. The van der Waals surface area contributed by atoms with Crippen LogP contribution in [0.15, 0.2) is 18.3 Å². The van der Waals surface area contributed by atoms with Crippen LogP contribution in [0.3, 0.4) is 0 Å². The van der Waals surface area contributed by atoms with Crippen LogP contribution in [0.5, 0.6) is 0 Å². The predicted octanol–water partition coefficient (Wildman–Crippen LogP) is 0.0152. The van der Waals surface area contributed by atoms with Crippen LogP contribution < -0.4 is 5.73 Å². The number of hydrogen-bond donors (Lipinski definition) is 1. The molecule has 0 spiro atoms. The molecule has 3 aromatic rings. The first-order valence-electron chi connectivity index (χ1n) is 5.22. The summed E-state index contributed by atoms with van der Waals surface area (Å²) in [4.78, 5) is 13.9. The molecule has 0 saturated heterocycles. The third kappa shape index (κ3) is 1.57. The van der Waals surface area contributed by atoms with Gasteiger partial charge in [0.1, 0.15) is 12.0 Å². The number of nitrogens with zero attached hydrogens (tertiary/aromatic N) is 7. The van der Waals surface area contributed by atoms with E-state index >= 15 is 0 Å². The Hall–Kier alpha value is -3.04. The predicted molar refractivity (Wildman–Crippen MR) is 64.1 cm³/mol. The molecule has 0 aliphatic carbocycles. The minimum Gasteiger partial charge on any atom is -0.390 e. The number of nitrogens with two attached hydrogens (primary N) is 1. The molecule has 0 unspecified atom stereocenters. The van der Waals surface area contributed by atoms with Crippen molar-refractivity contribution in [3.05, 3.63) is 28.4 Å². The zero-order valence-corrected chi connectivity index (χ0v) is 9.76. The molecule has 3 rings (SSSR count). The lowest BCUT2D eigenvalue weighted by Gasteiger charge is -1.99. The van der Waals surface area contributed by atoms with Crippen LogP contribution in [0.1, 0.15) is 0 Å². The number of aromatic nitrogens is 6. The van der Waals surface area contributed by atoms with E-state index in [4.69, 9.17) is 5.73 Å². The molecule has 0 aliphatic heterocycles. The van der Waals surface area contributed by atoms with Gasteiger partial charge in [0, 0.05) is 0 Å². The molecule has 3 heterocycles. The second-order valence-electron chi connectivity index (χ2n) is 3.81. The highest BCUT2D eigenvalue weighted by atomic mass is 16.6. The summed E-state index contributed by atoms with van der Waals surface area (Å²) in [5.41, 5.74) is 6.52. The van der Waals surface area contributed by atoms with Gasteiger partial charge in [0.2, 0.25) is 5.82 Å². The van der Waals surface area contributed by atoms with E-state index in [-0.39, 0.29) is 5.95 Å². The number of anilines is 1. The fourth-order valence-corrected chi connectivity index (χ4v) is 1.74. The second kappa shape index (κ2) is 3.73. The van der Waals surface area contributed by atoms with Gasteiger partial charge in [-0.3, -0.25) is 0 Å². The van der Waals surface area contributed by atoms with E-state index in [9.17, 15) is 10.1 Å². The highest BCUT2D eigenvalue weighted by Gasteiger charge is 2.22. The highest BCUT2D eigenvalue weighted by Crippen LogP contribution is 2.21. The van der Waals surface area contributed by atoms with Gasteiger partial charge in [-0.25, -0.2) is 4.57 Å². The molecule has 0 aliphatic rings. The summed E-state index contributed by atoms with van der Waals surface area (Å²) in [5.74, 6) is 0.353. The standard InChI is InChI=1S/C9H8N8O2/c1-15-5(4-11-9(15)17(18)19)8-13-12-7-3-2-6(10)14-16(7)8/h2-4H,1H3,(H2,10,14). The average Bonchev–Trinajstić information content (AvgIpc) is 2.92. The van der Waals surface area contributed by atoms with Gasteiger partial charge in [-0.1, -0.05) is 4.98 Å². The Balaban J connectivity index is 2.25. The fourth-order valence-electron chi connectivity index (χ4n) is 1.74. The maximum atomic E-state index is 10.8. The van der Waals surface area contributed by atoms with Crippen LogP contribution in [-0.2, 0) is 7.05 Å². The number of nitro groups is 1. The number of imidazole rings is 1. The minimum absolute atomic E-state index is 0.282. The lowest BCUT2D eigenvalue weighted by atomic mass is 10.4. The largest absolute Gasteiger partial charge is 0.434 e. The van der Waals surface area contributed by atoms with E-state index in [1.807, 2.05) is 0 Å². The molecule has 0 atom stereocenters. The summed E-state index contributed by atoms with van der Waals surface area (Å²) in [7, 11) is 1.52. The van der Waals surface area contributed by atoms with E-state index in [1.54, 1.807) is 12.1 Å². The first-order chi connectivity index (χ1) is 9.08. The van der Waals surface area contributed by atoms with Crippen molar-refractivity contribution in [2.75, 3.05) is 5.73 Å². The summed E-state index contributed by atoms with van der Waals surface area (Å²) in [6.45, 7) is 0. The SMILES string of the molecule is Cn1c(-c2nnc3ccc(N)nn23)cnc1[N+](=O)[O-]. The Morgan fingerprint density at radius 3 is 2.84 bits per heavy atom. The van der Waals surface area contributed by atoms with Crippen LogP contribution in [0.2, 0.25) is 0 Å². The van der Waals surface area contributed by atoms with Crippen LogP contribution >= 0.6 is 0 Å². The minimum atomic E-state index is -0.575. The van der Waals surface area contributed by atoms with Gasteiger partial charge in [0.15, 0.2) is 11.3 Å². The van der Waals surface area contributed by atoms with E-state index in [0.29, 0.717) is 23.0 Å². The molecule has 0 fully saturated rings. The fraction of sp³-hybridized carbons (Fsp3) is 0.111. The molecular formula is C9H8N8O2. The molecule has 10 nitrogen and oxygen atoms in total. The van der Waals surface area contributed by atoms with Crippen molar-refractivity contribution in [2.45, 2.75) is 0 Å². The zero-order chi connectivity index (χ0) is 13.6. The van der Waals surface area contributed by atoms with Gasteiger partial charge < -0.3 is 15.8 Å². The monoisotopic (exact) mass is 260 g/mol. The lowest BCUT2D eigenvalue weighted by molar-refractivity contribution is -0.396. The molecule has 0 aromatic carbocycles. The van der Waals surface area contributed by atoms with Crippen molar-refractivity contribution in [1.82, 2.24) is 29.4 Å². The first-order valence-corrected chi connectivity index (χ1v) is 5.22. The van der Waals surface area contributed by atoms with E-state index < -0.39 is 4.92 Å². The molecule has 0 bridgehead atoms. The Labute approximate surface area is 105 Å². The summed E-state index contributed by atoms with van der Waals surface area (Å²) in [6.07, 6.45) is 1.35. The summed E-state index contributed by atoms with van der Waals surface area (Å²) >= 11 is 0. The Morgan fingerprint density at radius 1 is 1.37 bits per heavy atom. The molecule has 2 N–H and O–H groups in total. The molecule has 96 valence electrons. The van der Waals surface area contributed by atoms with Crippen molar-refractivity contribution in [2.24, 2.45) is 7.05 Å². The molecule has 0 saturated carbocycles. The number of fused-ring (bicyclic) bond motifs is 1. The zero-order valence-electron chi connectivity index (χ0n) is 9.76. The van der Waals surface area contributed by atoms with E-state index in [1.165, 1.54) is 22.3 Å². The van der Waals surface area contributed by atoms with Crippen molar-refractivity contribution < 1.29 is 4.92 Å². The van der Waals surface area contributed by atoms with Crippen LogP contribution in [0, 0.1) is 10.1 Å². The Kier molecular flexibility index (Phi) is 2.17. The van der Waals surface area contributed by atoms with Crippen LogP contribution in [-0.4, -0.2) is 34.3 Å². The van der Waals surface area contributed by atoms with Gasteiger partial charge in [0.25, 0.3) is 0 Å². The number of rotatable bonds is 2. The summed E-state index contributed by atoms with van der Waals surface area (Å²) in [5, 5.41) is 22.7. The lowest BCUT2D eigenvalue weighted by Crippen LogP contribution is -2.03. The quantitative estimate of drug-likeness (QED) is 0.507. The van der Waals surface area contributed by atoms with Gasteiger partial charge in [0.05, 0.1) is 7.05 Å². The maximum Gasteiger partial charge on any atom is 0.434 e. The Bertz CT molecular complexity index is 789. The molecule has 19 heavy (non-hydrogen) atoms. The molecular weight excluding hydrogens is 252 g/mol. The van der Waals surface area contributed by atoms with Gasteiger partial charge in [-0.2, -0.15) is 4.52 Å². The second-order valence-corrected chi connectivity index (χ2v) is 3.81. The maximum absolute atomic E-state index is 10.8. The number of hydrogen-bond acceptors (Lipinski definition) is 7. The van der Waals surface area contributed by atoms with Crippen molar-refractivity contribution in [3.63, 3.8) is 0 Å². The smallest absolute Gasteiger partial charge is 0.390 e. The molecule has 10 heteroatoms. The van der Waals surface area contributed by atoms with Crippen molar-refractivity contribution in [3.8, 4) is 11.5 Å². The van der Waals surface area contributed by atoms with Crippen LogP contribution in [0.25, 0.3) is 17.2 Å². The molecule has 3 aromatic heterocycles. The molecule has 0 radical (unpaired) electrons. The summed E-state index contributed by atoms with van der Waals surface area (Å²) < 4.78 is 2.72.